The average Bonchev–Trinajstić information content (AvgIpc) is 3.00. The highest BCUT2D eigenvalue weighted by Gasteiger charge is 2.21. The minimum Gasteiger partial charge on any atom is -0.271 e. The molecule has 1 aliphatic heterocycles. The molecule has 1 saturated heterocycles. The fourth-order valence-electron chi connectivity index (χ4n) is 1.92. The topological polar surface area (TPSA) is 68.8 Å². The zero-order valence-corrected chi connectivity index (χ0v) is 9.65. The fourth-order valence-corrected chi connectivity index (χ4v) is 1.92. The minimum absolute atomic E-state index is 0.0967. The van der Waals surface area contributed by atoms with Crippen LogP contribution in [-0.2, 0) is 16.2 Å². The lowest BCUT2D eigenvalue weighted by Crippen LogP contribution is -2.34. The van der Waals surface area contributed by atoms with E-state index in [1.165, 1.54) is 9.46 Å². The van der Waals surface area contributed by atoms with E-state index in [-0.39, 0.29) is 18.1 Å². The van der Waals surface area contributed by atoms with Crippen molar-refractivity contribution in [2.45, 2.75) is 13.0 Å². The number of hydroxylamine groups is 2. The van der Waals surface area contributed by atoms with Crippen LogP contribution in [0, 0.1) is 0 Å². The summed E-state index contributed by atoms with van der Waals surface area (Å²) in [5.74, 6) is -0.252. The van der Waals surface area contributed by atoms with E-state index in [4.69, 9.17) is 4.84 Å². The first kappa shape index (κ1) is 11.0. The Morgan fingerprint density at radius 3 is 3.06 bits per heavy atom. The molecule has 18 heavy (non-hydrogen) atoms. The number of pyridine rings is 1. The molecule has 2 aromatic rings. The Morgan fingerprint density at radius 2 is 2.33 bits per heavy atom. The number of amides is 1. The molecule has 2 aromatic heterocycles. The Kier molecular flexibility index (Phi) is 2.60. The lowest BCUT2D eigenvalue weighted by molar-refractivity contribution is -0.169. The second-order valence-corrected chi connectivity index (χ2v) is 4.05. The van der Waals surface area contributed by atoms with E-state index in [0.717, 1.165) is 11.1 Å². The summed E-state index contributed by atoms with van der Waals surface area (Å²) in [4.78, 5) is 28.9. The van der Waals surface area contributed by atoms with Crippen LogP contribution in [0.25, 0.3) is 5.65 Å². The molecule has 0 aromatic carbocycles. The number of fused-ring (bicyclic) bond motifs is 1. The van der Waals surface area contributed by atoms with Gasteiger partial charge < -0.3 is 0 Å². The lowest BCUT2D eigenvalue weighted by Gasteiger charge is -2.12. The van der Waals surface area contributed by atoms with Gasteiger partial charge in [0.05, 0.1) is 13.2 Å². The van der Waals surface area contributed by atoms with Crippen molar-refractivity contribution in [1.29, 1.82) is 0 Å². The standard InChI is InChI=1S/C11H12N4O3/c16-10(15-6-3-7-18-15)8-14-11(17)13-5-2-1-4-9(13)12-14/h1-2,4-5H,3,6-8H2. The summed E-state index contributed by atoms with van der Waals surface area (Å²) < 4.78 is 2.55. The maximum absolute atomic E-state index is 11.9. The van der Waals surface area contributed by atoms with Crippen LogP contribution in [0.15, 0.2) is 29.2 Å². The summed E-state index contributed by atoms with van der Waals surface area (Å²) in [6.07, 6.45) is 2.45. The molecule has 0 atom stereocenters. The highest BCUT2D eigenvalue weighted by atomic mass is 16.7. The van der Waals surface area contributed by atoms with Gasteiger partial charge in [0.15, 0.2) is 5.65 Å². The molecule has 1 aliphatic rings. The summed E-state index contributed by atoms with van der Waals surface area (Å²) >= 11 is 0. The summed E-state index contributed by atoms with van der Waals surface area (Å²) in [6, 6.07) is 5.25. The zero-order valence-electron chi connectivity index (χ0n) is 9.65. The van der Waals surface area contributed by atoms with Gasteiger partial charge >= 0.3 is 5.69 Å². The SMILES string of the molecule is O=C(Cn1nc2ccccn2c1=O)N1CCCO1. The largest absolute Gasteiger partial charge is 0.350 e. The third-order valence-corrected chi connectivity index (χ3v) is 2.80. The number of hydrogen-bond donors (Lipinski definition) is 0. The molecule has 0 aliphatic carbocycles. The number of aromatic nitrogens is 3. The van der Waals surface area contributed by atoms with Crippen molar-refractivity contribution in [3.05, 3.63) is 34.9 Å². The van der Waals surface area contributed by atoms with Gasteiger partial charge in [0.25, 0.3) is 5.91 Å². The Hall–Kier alpha value is -2.15. The van der Waals surface area contributed by atoms with Gasteiger partial charge in [0, 0.05) is 6.20 Å². The van der Waals surface area contributed by atoms with E-state index in [9.17, 15) is 9.59 Å². The van der Waals surface area contributed by atoms with Crippen LogP contribution >= 0.6 is 0 Å². The predicted molar refractivity (Wildman–Crippen MR) is 61.7 cm³/mol. The number of rotatable bonds is 2. The molecule has 0 spiro atoms. The van der Waals surface area contributed by atoms with Crippen molar-refractivity contribution in [1.82, 2.24) is 19.2 Å². The second-order valence-electron chi connectivity index (χ2n) is 4.05. The number of carbonyl (C=O) groups excluding carboxylic acids is 1. The van der Waals surface area contributed by atoms with Crippen molar-refractivity contribution in [2.24, 2.45) is 0 Å². The van der Waals surface area contributed by atoms with Gasteiger partial charge in [-0.1, -0.05) is 6.07 Å². The van der Waals surface area contributed by atoms with Gasteiger partial charge in [-0.2, -0.15) is 0 Å². The minimum atomic E-state index is -0.321. The van der Waals surface area contributed by atoms with Crippen LogP contribution in [0.2, 0.25) is 0 Å². The van der Waals surface area contributed by atoms with Crippen LogP contribution in [0.5, 0.6) is 0 Å². The van der Waals surface area contributed by atoms with Crippen LogP contribution in [0.3, 0.4) is 0 Å². The normalized spacial score (nSPS) is 15.4. The van der Waals surface area contributed by atoms with Crippen molar-refractivity contribution < 1.29 is 9.63 Å². The van der Waals surface area contributed by atoms with Gasteiger partial charge in [-0.25, -0.2) is 14.5 Å². The van der Waals surface area contributed by atoms with Crippen LogP contribution < -0.4 is 5.69 Å². The summed E-state index contributed by atoms with van der Waals surface area (Å²) in [6.45, 7) is 1.02. The molecular formula is C11H12N4O3. The Bertz CT molecular complexity index is 639. The maximum atomic E-state index is 11.9. The van der Waals surface area contributed by atoms with Gasteiger partial charge in [-0.15, -0.1) is 5.10 Å². The quantitative estimate of drug-likeness (QED) is 0.729. The zero-order chi connectivity index (χ0) is 12.5. The molecule has 1 fully saturated rings. The highest BCUT2D eigenvalue weighted by Crippen LogP contribution is 2.05. The van der Waals surface area contributed by atoms with Gasteiger partial charge in [-0.3, -0.25) is 14.0 Å². The third-order valence-electron chi connectivity index (χ3n) is 2.80. The number of nitrogens with zero attached hydrogens (tertiary/aromatic N) is 4. The molecule has 0 unspecified atom stereocenters. The second kappa shape index (κ2) is 4.26. The molecule has 3 rings (SSSR count). The predicted octanol–water partition coefficient (Wildman–Crippen LogP) is -0.340. The van der Waals surface area contributed by atoms with E-state index in [1.54, 1.807) is 24.4 Å². The molecule has 0 bridgehead atoms. The third kappa shape index (κ3) is 1.78. The van der Waals surface area contributed by atoms with Crippen molar-refractivity contribution in [3.63, 3.8) is 0 Å². The molecule has 0 saturated carbocycles. The van der Waals surface area contributed by atoms with Crippen molar-refractivity contribution >= 4 is 11.6 Å². The van der Waals surface area contributed by atoms with Crippen LogP contribution in [0.1, 0.15) is 6.42 Å². The van der Waals surface area contributed by atoms with E-state index in [2.05, 4.69) is 5.10 Å². The first-order valence-corrected chi connectivity index (χ1v) is 5.73. The Morgan fingerprint density at radius 1 is 1.44 bits per heavy atom. The molecule has 0 radical (unpaired) electrons. The van der Waals surface area contributed by atoms with Crippen LogP contribution in [-0.4, -0.2) is 38.3 Å². The molecule has 7 heteroatoms. The summed E-state index contributed by atoms with van der Waals surface area (Å²) in [7, 11) is 0. The van der Waals surface area contributed by atoms with Crippen molar-refractivity contribution in [3.8, 4) is 0 Å². The average molecular weight is 248 g/mol. The Balaban J connectivity index is 1.88. The molecule has 3 heterocycles. The molecule has 94 valence electrons. The highest BCUT2D eigenvalue weighted by molar-refractivity contribution is 5.74. The summed E-state index contributed by atoms with van der Waals surface area (Å²) in [5, 5.41) is 5.38. The van der Waals surface area contributed by atoms with E-state index in [0.29, 0.717) is 18.8 Å². The first-order valence-electron chi connectivity index (χ1n) is 5.73. The first-order chi connectivity index (χ1) is 8.75. The lowest BCUT2D eigenvalue weighted by atomic mass is 10.4. The number of hydrogen-bond acceptors (Lipinski definition) is 4. The summed E-state index contributed by atoms with van der Waals surface area (Å²) in [5.41, 5.74) is 0.204. The van der Waals surface area contributed by atoms with Gasteiger partial charge in [0.2, 0.25) is 0 Å². The van der Waals surface area contributed by atoms with Crippen LogP contribution in [0.4, 0.5) is 0 Å². The van der Waals surface area contributed by atoms with E-state index in [1.807, 2.05) is 0 Å². The van der Waals surface area contributed by atoms with Gasteiger partial charge in [0.1, 0.15) is 6.54 Å². The van der Waals surface area contributed by atoms with Gasteiger partial charge in [-0.05, 0) is 18.6 Å². The Labute approximate surface area is 102 Å². The molecule has 1 amide bonds. The monoisotopic (exact) mass is 248 g/mol. The number of carbonyl (C=O) groups is 1. The maximum Gasteiger partial charge on any atom is 0.350 e. The fraction of sp³-hybridized carbons (Fsp3) is 0.364. The smallest absolute Gasteiger partial charge is 0.271 e. The molecule has 0 N–H and O–H groups in total. The van der Waals surface area contributed by atoms with Crippen molar-refractivity contribution in [2.75, 3.05) is 13.2 Å². The molecule has 7 nitrogen and oxygen atoms in total. The molecular weight excluding hydrogens is 236 g/mol. The van der Waals surface area contributed by atoms with E-state index >= 15 is 0 Å². The van der Waals surface area contributed by atoms with E-state index < -0.39 is 0 Å².